The number of carbonyl (C=O) groups excluding carboxylic acids is 1. The minimum atomic E-state index is -0.228. The van der Waals surface area contributed by atoms with Gasteiger partial charge in [0, 0.05) is 42.0 Å². The average molecular weight is 573 g/mol. The van der Waals surface area contributed by atoms with Crippen LogP contribution < -0.4 is 9.64 Å². The van der Waals surface area contributed by atoms with Crippen LogP contribution in [0.4, 0.5) is 10.1 Å². The summed E-state index contributed by atoms with van der Waals surface area (Å²) in [7, 11) is 0. The maximum Gasteiger partial charge on any atom is 0.310 e. The van der Waals surface area contributed by atoms with Crippen molar-refractivity contribution >= 4 is 11.7 Å². The van der Waals surface area contributed by atoms with Crippen LogP contribution in [0, 0.1) is 25.1 Å². The van der Waals surface area contributed by atoms with E-state index in [9.17, 15) is 9.18 Å². The summed E-state index contributed by atoms with van der Waals surface area (Å²) in [4.78, 5) is 20.5. The maximum atomic E-state index is 13.2. The summed E-state index contributed by atoms with van der Waals surface area (Å²) in [5.74, 6) is 0.354. The van der Waals surface area contributed by atoms with Gasteiger partial charge in [0.2, 0.25) is 0 Å². The normalized spacial score (nSPS) is 16.6. The van der Waals surface area contributed by atoms with Gasteiger partial charge in [-0.2, -0.15) is 0 Å². The fourth-order valence-corrected chi connectivity index (χ4v) is 6.89. The first-order chi connectivity index (χ1) is 20.2. The predicted molar refractivity (Wildman–Crippen MR) is 167 cm³/mol. The predicted octanol–water partition coefficient (Wildman–Crippen LogP) is 8.17. The van der Waals surface area contributed by atoms with E-state index in [2.05, 4.69) is 24.0 Å². The van der Waals surface area contributed by atoms with Crippen molar-refractivity contribution in [3.63, 3.8) is 0 Å². The van der Waals surface area contributed by atoms with E-state index in [-0.39, 0.29) is 24.3 Å². The Morgan fingerprint density at radius 3 is 2.31 bits per heavy atom. The monoisotopic (exact) mass is 572 g/mol. The number of esters is 1. The molecule has 0 radical (unpaired) electrons. The standard InChI is InChI=1S/C36H45FN2O3/c1-25(2)42-33(40)23-32-26(3)38-27(4)34(35(32)39-21-20-36(24-39)18-7-5-6-8-19-36)29-11-15-31(16-12-29)41-22-17-28-9-13-30(37)14-10-28/h9-16,25H,5-8,17-24H2,1-4H3. The third-order valence-corrected chi connectivity index (χ3v) is 8.98. The van der Waals surface area contributed by atoms with Crippen molar-refractivity contribution in [2.24, 2.45) is 5.41 Å². The zero-order chi connectivity index (χ0) is 29.7. The molecule has 224 valence electrons. The van der Waals surface area contributed by atoms with Crippen molar-refractivity contribution in [3.05, 3.63) is 76.9 Å². The van der Waals surface area contributed by atoms with Crippen LogP contribution in [0.1, 0.15) is 81.3 Å². The highest BCUT2D eigenvalue weighted by Gasteiger charge is 2.40. The van der Waals surface area contributed by atoms with E-state index in [1.807, 2.05) is 32.9 Å². The molecule has 1 saturated carbocycles. The third kappa shape index (κ3) is 7.14. The van der Waals surface area contributed by atoms with Gasteiger partial charge in [-0.15, -0.1) is 0 Å². The van der Waals surface area contributed by atoms with Gasteiger partial charge in [0.1, 0.15) is 11.6 Å². The molecular weight excluding hydrogens is 527 g/mol. The molecule has 2 fully saturated rings. The van der Waals surface area contributed by atoms with E-state index < -0.39 is 0 Å². The molecule has 1 saturated heterocycles. The fourth-order valence-electron chi connectivity index (χ4n) is 6.89. The maximum absolute atomic E-state index is 13.2. The molecule has 2 heterocycles. The molecule has 5 nitrogen and oxygen atoms in total. The fraction of sp³-hybridized carbons (Fsp3) is 0.500. The number of carbonyl (C=O) groups is 1. The number of halogens is 1. The summed E-state index contributed by atoms with van der Waals surface area (Å²) in [5, 5.41) is 0. The van der Waals surface area contributed by atoms with Crippen molar-refractivity contribution in [1.29, 1.82) is 0 Å². The molecule has 1 aromatic heterocycles. The Hall–Kier alpha value is -3.41. The van der Waals surface area contributed by atoms with Crippen LogP contribution in [0.3, 0.4) is 0 Å². The number of aromatic nitrogens is 1. The molecule has 2 aromatic carbocycles. The molecule has 42 heavy (non-hydrogen) atoms. The molecule has 1 aliphatic heterocycles. The van der Waals surface area contributed by atoms with E-state index in [0.717, 1.165) is 58.2 Å². The van der Waals surface area contributed by atoms with Gasteiger partial charge >= 0.3 is 5.97 Å². The highest BCUT2D eigenvalue weighted by molar-refractivity contribution is 5.87. The Bertz CT molecular complexity index is 1360. The largest absolute Gasteiger partial charge is 0.493 e. The van der Waals surface area contributed by atoms with Gasteiger partial charge in [-0.1, -0.05) is 49.9 Å². The number of nitrogens with zero attached hydrogens (tertiary/aromatic N) is 2. The lowest BCUT2D eigenvalue weighted by atomic mass is 9.80. The van der Waals surface area contributed by atoms with Gasteiger partial charge in [-0.25, -0.2) is 4.39 Å². The molecule has 0 bridgehead atoms. The Morgan fingerprint density at radius 1 is 0.952 bits per heavy atom. The van der Waals surface area contributed by atoms with Gasteiger partial charge in [-0.3, -0.25) is 9.78 Å². The summed E-state index contributed by atoms with van der Waals surface area (Å²) < 4.78 is 24.8. The lowest BCUT2D eigenvalue weighted by Crippen LogP contribution is -2.29. The molecule has 0 unspecified atom stereocenters. The number of anilines is 1. The van der Waals surface area contributed by atoms with Gasteiger partial charge in [0.15, 0.2) is 0 Å². The number of ether oxygens (including phenoxy) is 2. The molecule has 0 N–H and O–H groups in total. The van der Waals surface area contributed by atoms with Crippen molar-refractivity contribution in [3.8, 4) is 16.9 Å². The summed E-state index contributed by atoms with van der Waals surface area (Å²) in [5.41, 5.74) is 7.55. The molecule has 1 aliphatic carbocycles. The zero-order valence-corrected chi connectivity index (χ0v) is 25.7. The summed E-state index contributed by atoms with van der Waals surface area (Å²) in [6.45, 7) is 10.4. The first-order valence-corrected chi connectivity index (χ1v) is 15.7. The highest BCUT2D eigenvalue weighted by Crippen LogP contribution is 2.47. The lowest BCUT2D eigenvalue weighted by Gasteiger charge is -2.31. The molecule has 0 atom stereocenters. The third-order valence-electron chi connectivity index (χ3n) is 8.98. The van der Waals surface area contributed by atoms with Crippen LogP contribution in [-0.2, 0) is 22.4 Å². The number of hydrogen-bond donors (Lipinski definition) is 0. The molecule has 0 amide bonds. The quantitative estimate of drug-likeness (QED) is 0.242. The van der Waals surface area contributed by atoms with Crippen LogP contribution in [0.5, 0.6) is 5.75 Å². The Kier molecular flexibility index (Phi) is 9.50. The van der Waals surface area contributed by atoms with Gasteiger partial charge < -0.3 is 14.4 Å². The van der Waals surface area contributed by atoms with Crippen LogP contribution in [-0.4, -0.2) is 36.8 Å². The van der Waals surface area contributed by atoms with E-state index in [1.165, 1.54) is 57.1 Å². The summed E-state index contributed by atoms with van der Waals surface area (Å²) in [6.07, 6.45) is 9.84. The van der Waals surface area contributed by atoms with E-state index in [4.69, 9.17) is 14.5 Å². The first kappa shape index (κ1) is 30.1. The number of rotatable bonds is 9. The minimum Gasteiger partial charge on any atom is -0.493 e. The van der Waals surface area contributed by atoms with Crippen LogP contribution in [0.15, 0.2) is 48.5 Å². The smallest absolute Gasteiger partial charge is 0.310 e. The van der Waals surface area contributed by atoms with Crippen molar-refractivity contribution in [1.82, 2.24) is 4.98 Å². The van der Waals surface area contributed by atoms with Crippen molar-refractivity contribution < 1.29 is 18.7 Å². The molecule has 5 rings (SSSR count). The first-order valence-electron chi connectivity index (χ1n) is 15.7. The molecule has 6 heteroatoms. The highest BCUT2D eigenvalue weighted by atomic mass is 19.1. The van der Waals surface area contributed by atoms with E-state index in [1.54, 1.807) is 12.1 Å². The molecule has 2 aliphatic rings. The SMILES string of the molecule is Cc1nc(C)c(-c2ccc(OCCc3ccc(F)cc3)cc2)c(N2CCC3(CCCCCC3)C2)c1CC(=O)OC(C)C. The Morgan fingerprint density at radius 2 is 1.64 bits per heavy atom. The summed E-state index contributed by atoms with van der Waals surface area (Å²) >= 11 is 0. The number of benzene rings is 2. The minimum absolute atomic E-state index is 0.157. The van der Waals surface area contributed by atoms with Gasteiger partial charge in [0.05, 0.1) is 24.8 Å². The molecule has 3 aromatic rings. The number of aryl methyl sites for hydroxylation is 2. The number of pyridine rings is 1. The topological polar surface area (TPSA) is 51.7 Å². The lowest BCUT2D eigenvalue weighted by molar-refractivity contribution is -0.146. The second-order valence-corrected chi connectivity index (χ2v) is 12.5. The van der Waals surface area contributed by atoms with Gasteiger partial charge in [0.25, 0.3) is 0 Å². The summed E-state index contributed by atoms with van der Waals surface area (Å²) in [6, 6.07) is 14.8. The second kappa shape index (κ2) is 13.3. The molecular formula is C36H45FN2O3. The molecule has 1 spiro atoms. The van der Waals surface area contributed by atoms with Crippen LogP contribution in [0.2, 0.25) is 0 Å². The van der Waals surface area contributed by atoms with Crippen molar-refractivity contribution in [2.75, 3.05) is 24.6 Å². The van der Waals surface area contributed by atoms with E-state index in [0.29, 0.717) is 18.4 Å². The van der Waals surface area contributed by atoms with Crippen LogP contribution in [0.25, 0.3) is 11.1 Å². The zero-order valence-electron chi connectivity index (χ0n) is 25.7. The van der Waals surface area contributed by atoms with Gasteiger partial charge in [-0.05, 0) is 87.8 Å². The van der Waals surface area contributed by atoms with Crippen molar-refractivity contribution in [2.45, 2.75) is 91.6 Å². The Labute approximate surface area is 250 Å². The van der Waals surface area contributed by atoms with Crippen LogP contribution >= 0.6 is 0 Å². The Balaban J connectivity index is 1.44. The average Bonchev–Trinajstić information content (AvgIpc) is 3.22. The number of hydrogen-bond acceptors (Lipinski definition) is 5. The second-order valence-electron chi connectivity index (χ2n) is 12.5. The van der Waals surface area contributed by atoms with E-state index >= 15 is 0 Å².